The van der Waals surface area contributed by atoms with E-state index in [0.29, 0.717) is 17.8 Å². The minimum absolute atomic E-state index is 0.177. The Morgan fingerprint density at radius 3 is 1.98 bits per heavy atom. The molecule has 2 heterocycles. The fourth-order valence-electron chi connectivity index (χ4n) is 4.44. The maximum Gasteiger partial charge on any atom is 0.418 e. The average molecular weight is 611 g/mol. The van der Waals surface area contributed by atoms with Crippen LogP contribution >= 0.6 is 0 Å². The van der Waals surface area contributed by atoms with Gasteiger partial charge in [-0.05, 0) is 49.4 Å². The topological polar surface area (TPSA) is 122 Å². The molecular weight excluding hydrogens is 588 g/mol. The first-order valence-corrected chi connectivity index (χ1v) is 12.3. The highest BCUT2D eigenvalue weighted by Crippen LogP contribution is 2.42. The molecule has 0 aliphatic heterocycles. The molecule has 4 aromatic rings. The van der Waals surface area contributed by atoms with Crippen LogP contribution in [-0.4, -0.2) is 20.9 Å². The van der Waals surface area contributed by atoms with Gasteiger partial charge in [-0.15, -0.1) is 0 Å². The predicted octanol–water partition coefficient (Wildman–Crippen LogP) is 6.64. The van der Waals surface area contributed by atoms with E-state index >= 15 is 4.39 Å². The molecule has 0 saturated carbocycles. The van der Waals surface area contributed by atoms with Gasteiger partial charge in [-0.1, -0.05) is 23.4 Å². The molecule has 0 amide bonds. The van der Waals surface area contributed by atoms with Gasteiger partial charge in [0.2, 0.25) is 0 Å². The van der Waals surface area contributed by atoms with Crippen molar-refractivity contribution in [1.29, 1.82) is 0 Å². The second kappa shape index (κ2) is 11.6. The second-order valence-electron chi connectivity index (χ2n) is 9.39. The van der Waals surface area contributed by atoms with E-state index in [0.717, 1.165) is 48.8 Å². The van der Waals surface area contributed by atoms with Crippen LogP contribution in [0.15, 0.2) is 78.2 Å². The Morgan fingerprint density at radius 2 is 1.47 bits per heavy atom. The van der Waals surface area contributed by atoms with Gasteiger partial charge >= 0.3 is 12.4 Å². The highest BCUT2D eigenvalue weighted by Gasteiger charge is 2.47. The number of alkyl halides is 6. The van der Waals surface area contributed by atoms with Crippen LogP contribution < -0.4 is 16.8 Å². The highest BCUT2D eigenvalue weighted by atomic mass is 19.4. The van der Waals surface area contributed by atoms with Crippen LogP contribution in [0.1, 0.15) is 46.6 Å². The molecule has 0 bridgehead atoms. The van der Waals surface area contributed by atoms with Gasteiger partial charge in [-0.25, -0.2) is 8.78 Å². The van der Waals surface area contributed by atoms with Gasteiger partial charge in [0.05, 0.1) is 40.1 Å². The van der Waals surface area contributed by atoms with Gasteiger partial charge in [0.25, 0.3) is 0 Å². The third-order valence-electron chi connectivity index (χ3n) is 6.49. The quantitative estimate of drug-likeness (QED) is 0.0806. The molecule has 0 fully saturated rings. The van der Waals surface area contributed by atoms with Crippen LogP contribution in [0, 0.1) is 11.6 Å². The number of rotatable bonds is 7. The number of hydrogen-bond donors (Lipinski definition) is 4. The summed E-state index contributed by atoms with van der Waals surface area (Å²) in [5.41, 5.74) is 3.62. The standard InChI is InChI=1S/C28H22F8N6O/c1-14(37)21-10-8-15(12-39-21)26(38,23-17(27(31,32)33)4-2-6-19(23)29)25(42-43)22-11-9-16(13-40-22)41-24-18(28(34,35)36)5-3-7-20(24)30/h2-14,41,43H,37-38H2,1H3. The smallest absolute Gasteiger partial charge is 0.411 e. The summed E-state index contributed by atoms with van der Waals surface area (Å²) in [4.78, 5) is 8.07. The van der Waals surface area contributed by atoms with E-state index in [2.05, 4.69) is 20.4 Å². The van der Waals surface area contributed by atoms with Crippen LogP contribution in [0.25, 0.3) is 0 Å². The lowest BCUT2D eigenvalue weighted by Crippen LogP contribution is -2.49. The summed E-state index contributed by atoms with van der Waals surface area (Å²) in [6, 6.07) is 8.60. The monoisotopic (exact) mass is 610 g/mol. The number of nitrogens with one attached hydrogen (secondary N) is 1. The van der Waals surface area contributed by atoms with Gasteiger partial charge in [0.1, 0.15) is 22.9 Å². The number of nitrogens with zero attached hydrogens (tertiary/aromatic N) is 3. The fraction of sp³-hybridized carbons (Fsp3) is 0.179. The minimum Gasteiger partial charge on any atom is -0.411 e. The first-order chi connectivity index (χ1) is 20.1. The van der Waals surface area contributed by atoms with E-state index in [1.807, 2.05) is 0 Å². The van der Waals surface area contributed by atoms with E-state index in [1.165, 1.54) is 12.1 Å². The van der Waals surface area contributed by atoms with E-state index in [1.54, 1.807) is 6.92 Å². The molecule has 2 unspecified atom stereocenters. The molecule has 0 saturated heterocycles. The lowest BCUT2D eigenvalue weighted by Gasteiger charge is -2.33. The molecular formula is C28H22F8N6O. The van der Waals surface area contributed by atoms with Crippen LogP contribution in [0.4, 0.5) is 46.5 Å². The van der Waals surface area contributed by atoms with Crippen molar-refractivity contribution in [1.82, 2.24) is 9.97 Å². The molecule has 6 N–H and O–H groups in total. The van der Waals surface area contributed by atoms with Crippen molar-refractivity contribution in [2.45, 2.75) is 30.9 Å². The Balaban J connectivity index is 1.87. The van der Waals surface area contributed by atoms with Crippen LogP contribution in [0.5, 0.6) is 0 Å². The van der Waals surface area contributed by atoms with Gasteiger partial charge in [0.15, 0.2) is 0 Å². The first-order valence-electron chi connectivity index (χ1n) is 12.3. The van der Waals surface area contributed by atoms with Crippen LogP contribution in [0.2, 0.25) is 0 Å². The molecule has 0 spiro atoms. The predicted molar refractivity (Wildman–Crippen MR) is 140 cm³/mol. The Bertz CT molecular complexity index is 1640. The number of oxime groups is 1. The molecule has 2 aromatic carbocycles. The van der Waals surface area contributed by atoms with Crippen LogP contribution in [0.3, 0.4) is 0 Å². The zero-order valence-corrected chi connectivity index (χ0v) is 22.0. The zero-order chi connectivity index (χ0) is 31.7. The largest absolute Gasteiger partial charge is 0.418 e. The third-order valence-corrected chi connectivity index (χ3v) is 6.49. The molecule has 7 nitrogen and oxygen atoms in total. The summed E-state index contributed by atoms with van der Waals surface area (Å²) in [5, 5.41) is 15.4. The Kier molecular flexibility index (Phi) is 8.42. The molecule has 2 atom stereocenters. The lowest BCUT2D eigenvalue weighted by atomic mass is 9.76. The van der Waals surface area contributed by atoms with Crippen molar-refractivity contribution in [3.63, 3.8) is 0 Å². The van der Waals surface area contributed by atoms with E-state index in [4.69, 9.17) is 11.5 Å². The number of halogens is 8. The molecule has 2 aromatic heterocycles. The number of pyridine rings is 2. The second-order valence-corrected chi connectivity index (χ2v) is 9.39. The van der Waals surface area contributed by atoms with Crippen molar-refractivity contribution in [2.24, 2.45) is 16.6 Å². The fourth-order valence-corrected chi connectivity index (χ4v) is 4.44. The summed E-state index contributed by atoms with van der Waals surface area (Å²) in [6.45, 7) is 1.59. The Hall–Kier alpha value is -4.63. The number of anilines is 2. The maximum absolute atomic E-state index is 15.3. The summed E-state index contributed by atoms with van der Waals surface area (Å²) >= 11 is 0. The Labute approximate surface area is 238 Å². The third kappa shape index (κ3) is 6.12. The average Bonchev–Trinajstić information content (AvgIpc) is 2.94. The van der Waals surface area contributed by atoms with Gasteiger partial charge in [0, 0.05) is 23.4 Å². The molecule has 226 valence electrons. The molecule has 0 radical (unpaired) electrons. The summed E-state index contributed by atoms with van der Waals surface area (Å²) in [5.74, 6) is -2.62. The number of aromatic nitrogens is 2. The SMILES string of the molecule is CC(N)c1ccc(C(N)(C(=NO)c2ccc(Nc3c(F)cccc3C(F)(F)F)cn2)c2c(F)cccc2C(F)(F)F)cn1. The minimum atomic E-state index is -5.11. The summed E-state index contributed by atoms with van der Waals surface area (Å²) < 4.78 is 112. The van der Waals surface area contributed by atoms with Crippen molar-refractivity contribution < 1.29 is 40.3 Å². The number of nitrogens with two attached hydrogens (primary N) is 2. The highest BCUT2D eigenvalue weighted by molar-refractivity contribution is 6.08. The van der Waals surface area contributed by atoms with E-state index < -0.39 is 69.4 Å². The van der Waals surface area contributed by atoms with Gasteiger partial charge in [-0.3, -0.25) is 9.97 Å². The zero-order valence-electron chi connectivity index (χ0n) is 22.0. The van der Waals surface area contributed by atoms with Crippen molar-refractivity contribution in [2.75, 3.05) is 5.32 Å². The van der Waals surface area contributed by atoms with E-state index in [-0.39, 0.29) is 11.3 Å². The van der Waals surface area contributed by atoms with E-state index in [9.17, 15) is 35.9 Å². The maximum atomic E-state index is 15.3. The first kappa shape index (κ1) is 31.3. The molecule has 0 aliphatic carbocycles. The molecule has 4 rings (SSSR count). The molecule has 43 heavy (non-hydrogen) atoms. The molecule has 0 aliphatic rings. The Morgan fingerprint density at radius 1 is 0.837 bits per heavy atom. The van der Waals surface area contributed by atoms with Gasteiger partial charge < -0.3 is 22.0 Å². The molecule has 15 heteroatoms. The van der Waals surface area contributed by atoms with Crippen molar-refractivity contribution in [3.8, 4) is 0 Å². The summed E-state index contributed by atoms with van der Waals surface area (Å²) in [7, 11) is 0. The lowest BCUT2D eigenvalue weighted by molar-refractivity contribution is -0.139. The normalized spacial score (nSPS) is 14.7. The van der Waals surface area contributed by atoms with Crippen molar-refractivity contribution in [3.05, 3.63) is 118 Å². The number of para-hydroxylation sites is 1. The summed E-state index contributed by atoms with van der Waals surface area (Å²) in [6.07, 6.45) is -8.08. The number of hydrogen-bond acceptors (Lipinski definition) is 7. The van der Waals surface area contributed by atoms with Gasteiger partial charge in [-0.2, -0.15) is 26.3 Å². The van der Waals surface area contributed by atoms with Crippen molar-refractivity contribution >= 4 is 17.1 Å². The van der Waals surface area contributed by atoms with Crippen LogP contribution in [-0.2, 0) is 17.9 Å². The number of benzene rings is 2.